The molecule has 0 saturated carbocycles. The van der Waals surface area contributed by atoms with Gasteiger partial charge in [-0.2, -0.15) is 11.8 Å². The third-order valence-corrected chi connectivity index (χ3v) is 3.73. The highest BCUT2D eigenvalue weighted by Gasteiger charge is 2.19. The number of anilines is 1. The summed E-state index contributed by atoms with van der Waals surface area (Å²) in [4.78, 5) is 18.1. The van der Waals surface area contributed by atoms with Gasteiger partial charge in [-0.15, -0.1) is 0 Å². The summed E-state index contributed by atoms with van der Waals surface area (Å²) < 4.78 is 0. The van der Waals surface area contributed by atoms with Gasteiger partial charge in [-0.3, -0.25) is 4.79 Å². The van der Waals surface area contributed by atoms with Crippen LogP contribution < -0.4 is 5.32 Å². The molecule has 17 heavy (non-hydrogen) atoms. The molecule has 1 fully saturated rings. The molecule has 1 N–H and O–H groups in total. The van der Waals surface area contributed by atoms with E-state index in [1.807, 2.05) is 16.7 Å². The van der Waals surface area contributed by atoms with E-state index in [-0.39, 0.29) is 5.91 Å². The lowest BCUT2D eigenvalue weighted by Gasteiger charge is -2.26. The minimum atomic E-state index is 0.0334. The van der Waals surface area contributed by atoms with Crippen molar-refractivity contribution in [3.8, 4) is 0 Å². The lowest BCUT2D eigenvalue weighted by Crippen LogP contribution is -2.37. The van der Waals surface area contributed by atoms with Crippen LogP contribution in [-0.4, -0.2) is 47.4 Å². The van der Waals surface area contributed by atoms with E-state index >= 15 is 0 Å². The van der Waals surface area contributed by atoms with Crippen molar-refractivity contribution in [1.29, 1.82) is 0 Å². The lowest BCUT2D eigenvalue weighted by atomic mass is 10.2. The summed E-state index contributed by atoms with van der Waals surface area (Å²) in [7, 11) is 1.75. The highest BCUT2D eigenvalue weighted by atomic mass is 35.5. The van der Waals surface area contributed by atoms with Crippen LogP contribution in [0.3, 0.4) is 0 Å². The standard InChI is InChI=1S/C11H14ClN3OS/c1-13-10-7-8(6-9(12)14-10)11(16)15-2-4-17-5-3-15/h6-7H,2-5H2,1H3,(H,13,14). The first-order chi connectivity index (χ1) is 8.20. The van der Waals surface area contributed by atoms with Crippen molar-refractivity contribution in [2.45, 2.75) is 0 Å². The SMILES string of the molecule is CNc1cc(C(=O)N2CCSCC2)cc(Cl)n1. The van der Waals surface area contributed by atoms with Crippen LogP contribution in [0.25, 0.3) is 0 Å². The van der Waals surface area contributed by atoms with Crippen LogP contribution in [0.2, 0.25) is 5.15 Å². The fourth-order valence-electron chi connectivity index (χ4n) is 1.70. The first kappa shape index (κ1) is 12.5. The van der Waals surface area contributed by atoms with Crippen molar-refractivity contribution >= 4 is 35.1 Å². The monoisotopic (exact) mass is 271 g/mol. The normalized spacial score (nSPS) is 15.8. The summed E-state index contributed by atoms with van der Waals surface area (Å²) in [5.74, 6) is 2.66. The molecule has 1 amide bonds. The fraction of sp³-hybridized carbons (Fsp3) is 0.455. The molecule has 2 heterocycles. The zero-order valence-corrected chi connectivity index (χ0v) is 11.1. The molecule has 0 aliphatic carbocycles. The summed E-state index contributed by atoms with van der Waals surface area (Å²) in [5, 5.41) is 3.24. The zero-order valence-electron chi connectivity index (χ0n) is 9.57. The van der Waals surface area contributed by atoms with Crippen molar-refractivity contribution in [3.63, 3.8) is 0 Å². The minimum Gasteiger partial charge on any atom is -0.373 e. The van der Waals surface area contributed by atoms with Crippen molar-refractivity contribution in [2.75, 3.05) is 37.0 Å². The molecule has 1 aliphatic rings. The number of nitrogens with zero attached hydrogens (tertiary/aromatic N) is 2. The largest absolute Gasteiger partial charge is 0.373 e. The number of carbonyl (C=O) groups is 1. The highest BCUT2D eigenvalue weighted by Crippen LogP contribution is 2.18. The lowest BCUT2D eigenvalue weighted by molar-refractivity contribution is 0.0772. The maximum atomic E-state index is 12.2. The molecule has 1 aromatic heterocycles. The number of pyridine rings is 1. The van der Waals surface area contributed by atoms with Crippen molar-refractivity contribution in [2.24, 2.45) is 0 Å². The van der Waals surface area contributed by atoms with Crippen LogP contribution in [-0.2, 0) is 0 Å². The first-order valence-electron chi connectivity index (χ1n) is 5.43. The Morgan fingerprint density at radius 2 is 2.18 bits per heavy atom. The Morgan fingerprint density at radius 3 is 2.82 bits per heavy atom. The molecule has 4 nitrogen and oxygen atoms in total. The number of carbonyl (C=O) groups excluding carboxylic acids is 1. The summed E-state index contributed by atoms with van der Waals surface area (Å²) in [6.45, 7) is 1.61. The Labute approximate surface area is 110 Å². The summed E-state index contributed by atoms with van der Waals surface area (Å²) >= 11 is 7.76. The van der Waals surface area contributed by atoms with Gasteiger partial charge in [0.1, 0.15) is 11.0 Å². The maximum Gasteiger partial charge on any atom is 0.254 e. The van der Waals surface area contributed by atoms with Crippen molar-refractivity contribution in [1.82, 2.24) is 9.88 Å². The van der Waals surface area contributed by atoms with Gasteiger partial charge in [0.25, 0.3) is 5.91 Å². The van der Waals surface area contributed by atoms with Gasteiger partial charge in [0.05, 0.1) is 0 Å². The molecule has 6 heteroatoms. The second-order valence-corrected chi connectivity index (χ2v) is 5.33. The number of rotatable bonds is 2. The van der Waals surface area contributed by atoms with E-state index in [0.717, 1.165) is 24.6 Å². The van der Waals surface area contributed by atoms with Crippen molar-refractivity contribution in [3.05, 3.63) is 22.8 Å². The Balaban J connectivity index is 2.20. The number of nitrogens with one attached hydrogen (secondary N) is 1. The topological polar surface area (TPSA) is 45.2 Å². The van der Waals surface area contributed by atoms with E-state index < -0.39 is 0 Å². The quantitative estimate of drug-likeness (QED) is 0.836. The molecule has 0 aromatic carbocycles. The third-order valence-electron chi connectivity index (χ3n) is 2.60. The summed E-state index contributed by atoms with van der Waals surface area (Å²) in [5.41, 5.74) is 0.598. The third kappa shape index (κ3) is 3.04. The number of hydrogen-bond acceptors (Lipinski definition) is 4. The smallest absolute Gasteiger partial charge is 0.254 e. The predicted octanol–water partition coefficient (Wildman–Crippen LogP) is 1.97. The summed E-state index contributed by atoms with van der Waals surface area (Å²) in [6.07, 6.45) is 0. The highest BCUT2D eigenvalue weighted by molar-refractivity contribution is 7.99. The molecular weight excluding hydrogens is 258 g/mol. The molecule has 0 atom stereocenters. The number of halogens is 1. The van der Waals surface area contributed by atoms with Crippen LogP contribution in [0.4, 0.5) is 5.82 Å². The van der Waals surface area contributed by atoms with Crippen LogP contribution in [0, 0.1) is 0 Å². The molecule has 0 spiro atoms. The molecule has 92 valence electrons. The Morgan fingerprint density at radius 1 is 1.47 bits per heavy atom. The Kier molecular flexibility index (Phi) is 4.12. The number of amides is 1. The fourth-order valence-corrected chi connectivity index (χ4v) is 2.81. The van der Waals surface area contributed by atoms with E-state index in [1.165, 1.54) is 0 Å². The van der Waals surface area contributed by atoms with Gasteiger partial charge >= 0.3 is 0 Å². The molecular formula is C11H14ClN3OS. The van der Waals surface area contributed by atoms with E-state index in [4.69, 9.17) is 11.6 Å². The van der Waals surface area contributed by atoms with Crippen LogP contribution in [0.5, 0.6) is 0 Å². The number of hydrogen-bond donors (Lipinski definition) is 1. The van der Waals surface area contributed by atoms with E-state index in [2.05, 4.69) is 10.3 Å². The van der Waals surface area contributed by atoms with Crippen LogP contribution in [0.15, 0.2) is 12.1 Å². The Bertz CT molecular complexity index is 421. The molecule has 1 aromatic rings. The predicted molar refractivity (Wildman–Crippen MR) is 72.0 cm³/mol. The molecule has 0 bridgehead atoms. The van der Waals surface area contributed by atoms with Gasteiger partial charge in [-0.25, -0.2) is 4.98 Å². The molecule has 1 saturated heterocycles. The molecule has 0 radical (unpaired) electrons. The van der Waals surface area contributed by atoms with E-state index in [0.29, 0.717) is 16.5 Å². The average molecular weight is 272 g/mol. The Hall–Kier alpha value is -0.940. The van der Waals surface area contributed by atoms with Gasteiger partial charge in [0, 0.05) is 37.2 Å². The maximum absolute atomic E-state index is 12.2. The average Bonchev–Trinajstić information content (AvgIpc) is 2.38. The zero-order chi connectivity index (χ0) is 12.3. The van der Waals surface area contributed by atoms with E-state index in [9.17, 15) is 4.79 Å². The summed E-state index contributed by atoms with van der Waals surface area (Å²) in [6, 6.07) is 3.35. The molecule has 1 aliphatic heterocycles. The van der Waals surface area contributed by atoms with Crippen LogP contribution in [0.1, 0.15) is 10.4 Å². The van der Waals surface area contributed by atoms with Crippen LogP contribution >= 0.6 is 23.4 Å². The van der Waals surface area contributed by atoms with Gasteiger partial charge in [-0.1, -0.05) is 11.6 Å². The minimum absolute atomic E-state index is 0.0334. The van der Waals surface area contributed by atoms with E-state index in [1.54, 1.807) is 19.2 Å². The van der Waals surface area contributed by atoms with Crippen molar-refractivity contribution < 1.29 is 4.79 Å². The first-order valence-corrected chi connectivity index (χ1v) is 6.96. The van der Waals surface area contributed by atoms with Gasteiger partial charge < -0.3 is 10.2 Å². The molecule has 0 unspecified atom stereocenters. The second kappa shape index (κ2) is 5.60. The second-order valence-electron chi connectivity index (χ2n) is 3.72. The molecule has 2 rings (SSSR count). The van der Waals surface area contributed by atoms with Gasteiger partial charge in [-0.05, 0) is 12.1 Å². The van der Waals surface area contributed by atoms with Gasteiger partial charge in [0.2, 0.25) is 0 Å². The number of thioether (sulfide) groups is 1. The van der Waals surface area contributed by atoms with Gasteiger partial charge in [0.15, 0.2) is 0 Å². The number of aromatic nitrogens is 1.